The number of nitrogens with one attached hydrogen (secondary N) is 1. The van der Waals surface area contributed by atoms with Crippen LogP contribution in [-0.2, 0) is 26.0 Å². The zero-order valence-electron chi connectivity index (χ0n) is 16.9. The van der Waals surface area contributed by atoms with E-state index >= 15 is 0 Å². The zero-order chi connectivity index (χ0) is 22.9. The van der Waals surface area contributed by atoms with Gasteiger partial charge in [-0.05, 0) is 44.9 Å². The van der Waals surface area contributed by atoms with Crippen LogP contribution in [0.4, 0.5) is 0 Å². The molecular weight excluding hydrogens is 449 g/mol. The van der Waals surface area contributed by atoms with E-state index in [2.05, 4.69) is 4.72 Å². The number of halogens is 2. The maximum atomic E-state index is 12.3. The summed E-state index contributed by atoms with van der Waals surface area (Å²) in [4.78, 5) is 22.0. The van der Waals surface area contributed by atoms with Gasteiger partial charge in [0.2, 0.25) is 10.0 Å². The summed E-state index contributed by atoms with van der Waals surface area (Å²) >= 11 is 10.8. The minimum Gasteiger partial charge on any atom is -0.480 e. The van der Waals surface area contributed by atoms with E-state index in [0.29, 0.717) is 0 Å². The number of aryl methyl sites for hydroxylation is 1. The van der Waals surface area contributed by atoms with Gasteiger partial charge in [0.1, 0.15) is 6.04 Å². The molecule has 3 atom stereocenters. The van der Waals surface area contributed by atoms with Crippen molar-refractivity contribution >= 4 is 45.0 Å². The zero-order valence-corrected chi connectivity index (χ0v) is 19.2. The Kier molecular flexibility index (Phi) is 10.5. The van der Waals surface area contributed by atoms with Gasteiger partial charge in [-0.15, -0.1) is 23.2 Å². The van der Waals surface area contributed by atoms with E-state index in [9.17, 15) is 23.1 Å². The van der Waals surface area contributed by atoms with Crippen molar-refractivity contribution in [3.8, 4) is 0 Å². The standard InChI is InChI=1S/C16H17NO4S.C5H8Cl2O/c1-12-7-9-14(10-8-12)22(20,21)17-15(16(18)19)11-13-5-3-2-4-6-13;1-3(6)5(8)4(2)7/h2-10,15,17H,11H2,1H3,(H,18,19);3-4H,1-2H3/t15-;/m0./s1. The predicted octanol–water partition coefficient (Wildman–Crippen LogP) is 3.78. The molecule has 2 rings (SSSR count). The van der Waals surface area contributed by atoms with Crippen LogP contribution in [0.3, 0.4) is 0 Å². The molecule has 2 unspecified atom stereocenters. The van der Waals surface area contributed by atoms with Gasteiger partial charge in [0.05, 0.1) is 15.6 Å². The van der Waals surface area contributed by atoms with Crippen LogP contribution in [0.5, 0.6) is 0 Å². The van der Waals surface area contributed by atoms with E-state index in [-0.39, 0.29) is 17.1 Å². The Hall–Kier alpha value is -1.93. The molecule has 0 amide bonds. The van der Waals surface area contributed by atoms with Gasteiger partial charge in [0, 0.05) is 0 Å². The Morgan fingerprint density at radius 2 is 1.47 bits per heavy atom. The van der Waals surface area contributed by atoms with Crippen LogP contribution in [0.25, 0.3) is 0 Å². The summed E-state index contributed by atoms with van der Waals surface area (Å²) in [6, 6.07) is 13.9. The van der Waals surface area contributed by atoms with E-state index in [0.717, 1.165) is 11.1 Å². The normalized spacial score (nSPS) is 14.0. The second-order valence-corrected chi connectivity index (χ2v) is 9.67. The van der Waals surface area contributed by atoms with E-state index in [4.69, 9.17) is 23.2 Å². The fraction of sp³-hybridized carbons (Fsp3) is 0.333. The molecule has 0 radical (unpaired) electrons. The van der Waals surface area contributed by atoms with Crippen molar-refractivity contribution in [3.05, 3.63) is 65.7 Å². The molecule has 30 heavy (non-hydrogen) atoms. The molecule has 0 aliphatic carbocycles. The quantitative estimate of drug-likeness (QED) is 0.568. The third kappa shape index (κ3) is 8.83. The van der Waals surface area contributed by atoms with Crippen LogP contribution in [-0.4, -0.2) is 42.1 Å². The number of aliphatic carboxylic acids is 1. The highest BCUT2D eigenvalue weighted by Crippen LogP contribution is 2.12. The molecule has 0 saturated heterocycles. The van der Waals surface area contributed by atoms with Crippen LogP contribution in [0.2, 0.25) is 0 Å². The first-order chi connectivity index (χ1) is 13.9. The van der Waals surface area contributed by atoms with Crippen molar-refractivity contribution in [2.75, 3.05) is 0 Å². The second-order valence-electron chi connectivity index (χ2n) is 6.65. The molecule has 0 aromatic heterocycles. The first-order valence-electron chi connectivity index (χ1n) is 9.11. The van der Waals surface area contributed by atoms with Gasteiger partial charge < -0.3 is 5.11 Å². The third-order valence-corrected chi connectivity index (χ3v) is 5.91. The number of Topliss-reactive ketones (excluding diaryl/α,β-unsaturated/α-hetero) is 1. The van der Waals surface area contributed by atoms with Crippen LogP contribution in [0.1, 0.15) is 25.0 Å². The lowest BCUT2D eigenvalue weighted by atomic mass is 10.1. The molecule has 0 fully saturated rings. The van der Waals surface area contributed by atoms with Crippen molar-refractivity contribution in [2.45, 2.75) is 48.9 Å². The fourth-order valence-electron chi connectivity index (χ4n) is 2.32. The van der Waals surface area contributed by atoms with Gasteiger partial charge >= 0.3 is 5.97 Å². The predicted molar refractivity (Wildman–Crippen MR) is 119 cm³/mol. The molecule has 2 aromatic rings. The highest BCUT2D eigenvalue weighted by atomic mass is 35.5. The number of carbonyl (C=O) groups excluding carboxylic acids is 1. The SMILES string of the molecule is CC(Cl)C(=O)C(C)Cl.Cc1ccc(S(=O)(=O)N[C@@H](Cc2ccccc2)C(=O)O)cc1. The lowest BCUT2D eigenvalue weighted by Crippen LogP contribution is -2.42. The van der Waals surface area contributed by atoms with Gasteiger partial charge in [-0.1, -0.05) is 48.0 Å². The molecule has 0 spiro atoms. The third-order valence-electron chi connectivity index (χ3n) is 3.99. The average Bonchev–Trinajstić information content (AvgIpc) is 2.68. The van der Waals surface area contributed by atoms with Crippen LogP contribution in [0.15, 0.2) is 59.5 Å². The molecule has 164 valence electrons. The molecule has 2 N–H and O–H groups in total. The monoisotopic (exact) mass is 473 g/mol. The molecule has 6 nitrogen and oxygen atoms in total. The largest absolute Gasteiger partial charge is 0.480 e. The molecule has 9 heteroatoms. The number of alkyl halides is 2. The van der Waals surface area contributed by atoms with Gasteiger partial charge in [0.15, 0.2) is 5.78 Å². The number of carboxylic acids is 1. The van der Waals surface area contributed by atoms with Crippen LogP contribution < -0.4 is 4.72 Å². The van der Waals surface area contributed by atoms with Gasteiger partial charge in [-0.3, -0.25) is 9.59 Å². The van der Waals surface area contributed by atoms with Crippen molar-refractivity contribution in [2.24, 2.45) is 0 Å². The number of carbonyl (C=O) groups is 2. The van der Waals surface area contributed by atoms with Crippen molar-refractivity contribution in [3.63, 3.8) is 0 Å². The fourth-order valence-corrected chi connectivity index (χ4v) is 3.95. The molecule has 0 heterocycles. The Labute approximate surface area is 187 Å². The van der Waals surface area contributed by atoms with Gasteiger partial charge in [-0.25, -0.2) is 8.42 Å². The molecule has 0 bridgehead atoms. The van der Waals surface area contributed by atoms with Gasteiger partial charge in [-0.2, -0.15) is 4.72 Å². The molecule has 0 aliphatic rings. The molecule has 0 saturated carbocycles. The number of carboxylic acid groups (broad SMARTS) is 1. The number of ketones is 1. The summed E-state index contributed by atoms with van der Waals surface area (Å²) in [7, 11) is -3.87. The maximum absolute atomic E-state index is 12.3. The summed E-state index contributed by atoms with van der Waals surface area (Å²) < 4.78 is 26.8. The van der Waals surface area contributed by atoms with E-state index in [1.54, 1.807) is 50.2 Å². The van der Waals surface area contributed by atoms with Gasteiger partial charge in [0.25, 0.3) is 0 Å². The lowest BCUT2D eigenvalue weighted by molar-refractivity contribution is -0.138. The smallest absolute Gasteiger partial charge is 0.322 e. The highest BCUT2D eigenvalue weighted by molar-refractivity contribution is 7.89. The number of rotatable bonds is 8. The second kappa shape index (κ2) is 12.1. The number of hydrogen-bond donors (Lipinski definition) is 2. The topological polar surface area (TPSA) is 101 Å². The summed E-state index contributed by atoms with van der Waals surface area (Å²) in [6.07, 6.45) is 0.0846. The van der Waals surface area contributed by atoms with E-state index in [1.165, 1.54) is 12.1 Å². The number of hydrogen-bond acceptors (Lipinski definition) is 4. The Balaban J connectivity index is 0.000000479. The maximum Gasteiger partial charge on any atom is 0.322 e. The molecule has 0 aliphatic heterocycles. The average molecular weight is 474 g/mol. The summed E-state index contributed by atoms with van der Waals surface area (Å²) in [5.74, 6) is -1.33. The Bertz CT molecular complexity index is 920. The molecular formula is C21H25Cl2NO5S. The van der Waals surface area contributed by atoms with E-state index < -0.39 is 32.8 Å². The Morgan fingerprint density at radius 3 is 1.87 bits per heavy atom. The number of benzene rings is 2. The first-order valence-corrected chi connectivity index (χ1v) is 11.5. The minimum atomic E-state index is -3.87. The summed E-state index contributed by atoms with van der Waals surface area (Å²) in [6.45, 7) is 5.07. The van der Waals surface area contributed by atoms with Crippen LogP contribution >= 0.6 is 23.2 Å². The minimum absolute atomic E-state index is 0.0532. The number of sulfonamides is 1. The van der Waals surface area contributed by atoms with Crippen LogP contribution in [0, 0.1) is 6.92 Å². The van der Waals surface area contributed by atoms with Crippen molar-refractivity contribution in [1.82, 2.24) is 4.72 Å². The van der Waals surface area contributed by atoms with Crippen molar-refractivity contribution < 1.29 is 23.1 Å². The lowest BCUT2D eigenvalue weighted by Gasteiger charge is -2.15. The highest BCUT2D eigenvalue weighted by Gasteiger charge is 2.25. The first kappa shape index (κ1) is 26.1. The Morgan fingerprint density at radius 1 is 0.967 bits per heavy atom. The van der Waals surface area contributed by atoms with E-state index in [1.807, 2.05) is 13.0 Å². The summed E-state index contributed by atoms with van der Waals surface area (Å²) in [5, 5.41) is 8.35. The van der Waals surface area contributed by atoms with Crippen molar-refractivity contribution in [1.29, 1.82) is 0 Å². The summed E-state index contributed by atoms with van der Waals surface area (Å²) in [5.41, 5.74) is 1.68. The molecule has 2 aromatic carbocycles.